The molecule has 2 aromatic rings. The van der Waals surface area contributed by atoms with Crippen LogP contribution in [0.2, 0.25) is 5.02 Å². The Hall–Kier alpha value is -0.650. The summed E-state index contributed by atoms with van der Waals surface area (Å²) in [5.74, 6) is -0.0414. The maximum Gasteiger partial charge on any atom is 0.239 e. The number of aromatic nitrogens is 1. The Balaban J connectivity index is 2.12. The highest BCUT2D eigenvalue weighted by Crippen LogP contribution is 2.30. The van der Waals surface area contributed by atoms with Crippen molar-refractivity contribution in [2.75, 3.05) is 5.32 Å². The van der Waals surface area contributed by atoms with E-state index < -0.39 is 0 Å². The standard InChI is InChI=1S/C14H16BrClN2OS/c1-3-4-5-9(15)13(19)18-14-17-11-7-10(16)8(2)6-12(11)20-14/h6-7,9H,3-5H2,1-2H3,(H,17,18,19)/t9-/m0/s1. The van der Waals surface area contributed by atoms with Crippen LogP contribution < -0.4 is 5.32 Å². The molecule has 6 heteroatoms. The van der Waals surface area contributed by atoms with Gasteiger partial charge in [0.2, 0.25) is 5.91 Å². The first-order valence-corrected chi connectivity index (χ1v) is 8.64. The SMILES string of the molecule is CCCC[C@H](Br)C(=O)Nc1nc2cc(Cl)c(C)cc2s1. The molecule has 0 bridgehead atoms. The Morgan fingerprint density at radius 2 is 2.30 bits per heavy atom. The van der Waals surface area contributed by atoms with Crippen LogP contribution in [0.4, 0.5) is 5.13 Å². The summed E-state index contributed by atoms with van der Waals surface area (Å²) in [6.07, 6.45) is 2.93. The number of nitrogens with zero attached hydrogens (tertiary/aromatic N) is 1. The van der Waals surface area contributed by atoms with Crippen molar-refractivity contribution in [1.29, 1.82) is 0 Å². The predicted octanol–water partition coefficient (Wildman–Crippen LogP) is 5.15. The number of carbonyl (C=O) groups excluding carboxylic acids is 1. The normalized spacial score (nSPS) is 12.6. The number of rotatable bonds is 5. The molecule has 0 unspecified atom stereocenters. The van der Waals surface area contributed by atoms with Crippen LogP contribution in [0.1, 0.15) is 31.7 Å². The lowest BCUT2D eigenvalue weighted by Gasteiger charge is -2.07. The fourth-order valence-corrected chi connectivity index (χ4v) is 3.35. The lowest BCUT2D eigenvalue weighted by atomic mass is 10.2. The molecular formula is C14H16BrClN2OS. The quantitative estimate of drug-likeness (QED) is 0.734. The minimum absolute atomic E-state index is 0.0414. The van der Waals surface area contributed by atoms with E-state index in [0.29, 0.717) is 10.2 Å². The number of halogens is 2. The molecule has 1 heterocycles. The van der Waals surface area contributed by atoms with Crippen LogP contribution in [0.15, 0.2) is 12.1 Å². The van der Waals surface area contributed by atoms with Crippen LogP contribution in [0.25, 0.3) is 10.2 Å². The van der Waals surface area contributed by atoms with E-state index in [9.17, 15) is 4.79 Å². The first kappa shape index (κ1) is 15.7. The van der Waals surface area contributed by atoms with Gasteiger partial charge in [-0.25, -0.2) is 4.98 Å². The van der Waals surface area contributed by atoms with E-state index in [2.05, 4.69) is 33.2 Å². The van der Waals surface area contributed by atoms with Crippen molar-refractivity contribution in [1.82, 2.24) is 4.98 Å². The summed E-state index contributed by atoms with van der Waals surface area (Å²) >= 11 is 11.0. The molecule has 0 fully saturated rings. The number of benzene rings is 1. The third-order valence-electron chi connectivity index (χ3n) is 2.99. The third kappa shape index (κ3) is 3.71. The van der Waals surface area contributed by atoms with Crippen molar-refractivity contribution in [2.45, 2.75) is 37.9 Å². The fraction of sp³-hybridized carbons (Fsp3) is 0.429. The molecule has 1 aromatic heterocycles. The summed E-state index contributed by atoms with van der Waals surface area (Å²) in [4.78, 5) is 16.2. The second kappa shape index (κ2) is 6.87. The lowest BCUT2D eigenvalue weighted by Crippen LogP contribution is -2.22. The number of amides is 1. The van der Waals surface area contributed by atoms with Crippen LogP contribution >= 0.6 is 38.9 Å². The van der Waals surface area contributed by atoms with Crippen LogP contribution in [0, 0.1) is 6.92 Å². The largest absolute Gasteiger partial charge is 0.301 e. The van der Waals surface area contributed by atoms with Crippen molar-refractivity contribution >= 4 is 60.1 Å². The number of alkyl halides is 1. The van der Waals surface area contributed by atoms with E-state index in [0.717, 1.165) is 35.0 Å². The van der Waals surface area contributed by atoms with Crippen LogP contribution in [-0.4, -0.2) is 15.7 Å². The van der Waals surface area contributed by atoms with Gasteiger partial charge in [-0.1, -0.05) is 58.6 Å². The van der Waals surface area contributed by atoms with Gasteiger partial charge in [0.1, 0.15) is 0 Å². The van der Waals surface area contributed by atoms with Gasteiger partial charge in [0.25, 0.3) is 0 Å². The summed E-state index contributed by atoms with van der Waals surface area (Å²) in [5, 5.41) is 4.17. The molecule has 20 heavy (non-hydrogen) atoms. The van der Waals surface area contributed by atoms with Gasteiger partial charge in [0.05, 0.1) is 15.0 Å². The van der Waals surface area contributed by atoms with Crippen molar-refractivity contribution < 1.29 is 4.79 Å². The molecule has 0 spiro atoms. The highest BCUT2D eigenvalue weighted by molar-refractivity contribution is 9.10. The number of nitrogens with one attached hydrogen (secondary N) is 1. The van der Waals surface area contributed by atoms with Gasteiger partial charge in [-0.3, -0.25) is 4.79 Å². The molecule has 0 aliphatic rings. The zero-order chi connectivity index (χ0) is 14.7. The van der Waals surface area contributed by atoms with E-state index in [1.54, 1.807) is 0 Å². The molecule has 0 aliphatic heterocycles. The number of hydrogen-bond acceptors (Lipinski definition) is 3. The van der Waals surface area contributed by atoms with Crippen molar-refractivity contribution in [3.63, 3.8) is 0 Å². The van der Waals surface area contributed by atoms with Crippen molar-refractivity contribution in [3.05, 3.63) is 22.7 Å². The number of carbonyl (C=O) groups is 1. The average Bonchev–Trinajstić information content (AvgIpc) is 2.77. The summed E-state index contributed by atoms with van der Waals surface area (Å²) in [7, 11) is 0. The minimum Gasteiger partial charge on any atom is -0.301 e. The highest BCUT2D eigenvalue weighted by atomic mass is 79.9. The monoisotopic (exact) mass is 374 g/mol. The smallest absolute Gasteiger partial charge is 0.239 e. The fourth-order valence-electron chi connectivity index (χ4n) is 1.80. The Morgan fingerprint density at radius 3 is 3.00 bits per heavy atom. The van der Waals surface area contributed by atoms with E-state index in [1.165, 1.54) is 11.3 Å². The molecule has 0 radical (unpaired) electrons. The second-order valence-corrected chi connectivity index (χ2v) is 7.23. The Morgan fingerprint density at radius 1 is 1.55 bits per heavy atom. The summed E-state index contributed by atoms with van der Waals surface area (Å²) in [6.45, 7) is 4.07. The maximum atomic E-state index is 12.0. The Kier molecular flexibility index (Phi) is 5.41. The molecule has 1 amide bonds. The molecular weight excluding hydrogens is 360 g/mol. The molecule has 1 N–H and O–H groups in total. The number of thiazole rings is 1. The molecule has 2 rings (SSSR count). The highest BCUT2D eigenvalue weighted by Gasteiger charge is 2.16. The summed E-state index contributed by atoms with van der Waals surface area (Å²) < 4.78 is 1.03. The van der Waals surface area contributed by atoms with Crippen LogP contribution in [-0.2, 0) is 4.79 Å². The van der Waals surface area contributed by atoms with Crippen molar-refractivity contribution in [3.8, 4) is 0 Å². The van der Waals surface area contributed by atoms with Crippen LogP contribution in [0.5, 0.6) is 0 Å². The van der Waals surface area contributed by atoms with Gasteiger partial charge in [-0.05, 0) is 31.0 Å². The number of unbranched alkanes of at least 4 members (excludes halogenated alkanes) is 1. The van der Waals surface area contributed by atoms with Gasteiger partial charge in [-0.2, -0.15) is 0 Å². The minimum atomic E-state index is -0.167. The van der Waals surface area contributed by atoms with E-state index >= 15 is 0 Å². The molecule has 0 aliphatic carbocycles. The summed E-state index contributed by atoms with van der Waals surface area (Å²) in [6, 6.07) is 3.83. The van der Waals surface area contributed by atoms with E-state index in [4.69, 9.17) is 11.6 Å². The number of fused-ring (bicyclic) bond motifs is 1. The molecule has 1 atom stereocenters. The number of anilines is 1. The Bertz CT molecular complexity index is 590. The van der Waals surface area contributed by atoms with E-state index in [1.807, 2.05) is 19.1 Å². The summed E-state index contributed by atoms with van der Waals surface area (Å²) in [5.41, 5.74) is 1.84. The zero-order valence-corrected chi connectivity index (χ0v) is 14.5. The second-order valence-electron chi connectivity index (χ2n) is 4.69. The predicted molar refractivity (Wildman–Crippen MR) is 90.2 cm³/mol. The molecule has 0 saturated carbocycles. The molecule has 0 saturated heterocycles. The molecule has 108 valence electrons. The van der Waals surface area contributed by atoms with Crippen molar-refractivity contribution in [2.24, 2.45) is 0 Å². The topological polar surface area (TPSA) is 42.0 Å². The Labute approximate surface area is 135 Å². The van der Waals surface area contributed by atoms with Gasteiger partial charge in [0.15, 0.2) is 5.13 Å². The third-order valence-corrected chi connectivity index (χ3v) is 5.21. The van der Waals surface area contributed by atoms with Gasteiger partial charge < -0.3 is 5.32 Å². The number of hydrogen-bond donors (Lipinski definition) is 1. The number of aryl methyl sites for hydroxylation is 1. The van der Waals surface area contributed by atoms with Gasteiger partial charge in [0, 0.05) is 5.02 Å². The first-order chi connectivity index (χ1) is 9.51. The average molecular weight is 376 g/mol. The first-order valence-electron chi connectivity index (χ1n) is 6.53. The molecule has 3 nitrogen and oxygen atoms in total. The lowest BCUT2D eigenvalue weighted by molar-refractivity contribution is -0.115. The van der Waals surface area contributed by atoms with Crippen LogP contribution in [0.3, 0.4) is 0 Å². The zero-order valence-electron chi connectivity index (χ0n) is 11.4. The van der Waals surface area contributed by atoms with Gasteiger partial charge >= 0.3 is 0 Å². The van der Waals surface area contributed by atoms with E-state index in [-0.39, 0.29) is 10.7 Å². The van der Waals surface area contributed by atoms with Gasteiger partial charge in [-0.15, -0.1) is 0 Å². The molecule has 1 aromatic carbocycles. The maximum absolute atomic E-state index is 12.0.